The van der Waals surface area contributed by atoms with E-state index in [1.54, 1.807) is 0 Å². The van der Waals surface area contributed by atoms with E-state index in [2.05, 4.69) is 46.8 Å². The first-order valence-corrected chi connectivity index (χ1v) is 10.1. The van der Waals surface area contributed by atoms with E-state index in [9.17, 15) is 0 Å². The van der Waals surface area contributed by atoms with E-state index in [0.717, 1.165) is 63.9 Å². The molecule has 0 N–H and O–H groups in total. The van der Waals surface area contributed by atoms with Crippen molar-refractivity contribution >= 4 is 11.3 Å². The maximum Gasteiger partial charge on any atom is 0.158 e. The number of aromatic nitrogens is 6. The molecular weight excluding hydrogens is 348 g/mol. The SMILES string of the molecule is CCC(CC)c1cc(C)nn2c(-c3c(C)nc4c(C)cc(C)nn34)c(C)nc12. The Morgan fingerprint density at radius 1 is 0.750 bits per heavy atom. The fraction of sp³-hybridized carbons (Fsp3) is 0.455. The van der Waals surface area contributed by atoms with Gasteiger partial charge in [-0.3, -0.25) is 0 Å². The number of rotatable bonds is 4. The van der Waals surface area contributed by atoms with Gasteiger partial charge in [0, 0.05) is 5.56 Å². The van der Waals surface area contributed by atoms with Crippen molar-refractivity contribution in [1.29, 1.82) is 0 Å². The normalized spacial score (nSPS) is 12.0. The van der Waals surface area contributed by atoms with Gasteiger partial charge in [0.1, 0.15) is 11.4 Å². The van der Waals surface area contributed by atoms with Crippen LogP contribution >= 0.6 is 0 Å². The molecule has 4 aromatic rings. The second-order valence-electron chi connectivity index (χ2n) is 7.79. The predicted molar refractivity (Wildman–Crippen MR) is 112 cm³/mol. The number of aryl methyl sites for hydroxylation is 5. The van der Waals surface area contributed by atoms with Crippen LogP contribution in [0.3, 0.4) is 0 Å². The van der Waals surface area contributed by atoms with Crippen molar-refractivity contribution in [2.75, 3.05) is 0 Å². The van der Waals surface area contributed by atoms with Crippen LogP contribution in [0.4, 0.5) is 0 Å². The van der Waals surface area contributed by atoms with Crippen molar-refractivity contribution in [2.45, 2.75) is 67.2 Å². The van der Waals surface area contributed by atoms with Gasteiger partial charge in [0.25, 0.3) is 0 Å². The van der Waals surface area contributed by atoms with E-state index in [1.165, 1.54) is 5.56 Å². The zero-order valence-corrected chi connectivity index (χ0v) is 17.8. The maximum atomic E-state index is 4.95. The summed E-state index contributed by atoms with van der Waals surface area (Å²) in [6.07, 6.45) is 2.18. The van der Waals surface area contributed by atoms with Crippen molar-refractivity contribution in [3.05, 3.63) is 46.0 Å². The van der Waals surface area contributed by atoms with Gasteiger partial charge in [-0.05, 0) is 71.1 Å². The van der Waals surface area contributed by atoms with E-state index < -0.39 is 0 Å². The average molecular weight is 377 g/mol. The van der Waals surface area contributed by atoms with Crippen LogP contribution in [0.15, 0.2) is 12.1 Å². The Hall–Kier alpha value is -2.76. The molecule has 28 heavy (non-hydrogen) atoms. The predicted octanol–water partition coefficient (Wildman–Crippen LogP) is 4.88. The molecule has 0 aliphatic rings. The number of fused-ring (bicyclic) bond motifs is 2. The molecule has 0 aliphatic carbocycles. The zero-order valence-electron chi connectivity index (χ0n) is 17.8. The van der Waals surface area contributed by atoms with Gasteiger partial charge < -0.3 is 0 Å². The van der Waals surface area contributed by atoms with Crippen molar-refractivity contribution in [3.63, 3.8) is 0 Å². The van der Waals surface area contributed by atoms with Crippen LogP contribution in [0.2, 0.25) is 0 Å². The minimum absolute atomic E-state index is 0.477. The third-order valence-electron chi connectivity index (χ3n) is 5.62. The number of hydrogen-bond donors (Lipinski definition) is 0. The molecule has 0 bridgehead atoms. The first kappa shape index (κ1) is 18.6. The van der Waals surface area contributed by atoms with Gasteiger partial charge in [-0.15, -0.1) is 0 Å². The van der Waals surface area contributed by atoms with Crippen molar-refractivity contribution in [2.24, 2.45) is 0 Å². The quantitative estimate of drug-likeness (QED) is 0.509. The second-order valence-corrected chi connectivity index (χ2v) is 7.79. The monoisotopic (exact) mass is 376 g/mol. The number of hydrogen-bond acceptors (Lipinski definition) is 4. The molecule has 0 aromatic carbocycles. The molecule has 6 heteroatoms. The lowest BCUT2D eigenvalue weighted by Crippen LogP contribution is -2.06. The fourth-order valence-electron chi connectivity index (χ4n) is 4.29. The van der Waals surface area contributed by atoms with Crippen LogP contribution in [0, 0.1) is 34.6 Å². The van der Waals surface area contributed by atoms with Gasteiger partial charge in [0.05, 0.1) is 22.8 Å². The van der Waals surface area contributed by atoms with E-state index in [1.807, 2.05) is 22.9 Å². The summed E-state index contributed by atoms with van der Waals surface area (Å²) in [5.41, 5.74) is 10.1. The summed E-state index contributed by atoms with van der Waals surface area (Å²) in [4.78, 5) is 9.75. The Balaban J connectivity index is 2.10. The number of nitrogens with zero attached hydrogens (tertiary/aromatic N) is 6. The highest BCUT2D eigenvalue weighted by Gasteiger charge is 2.24. The Kier molecular flexibility index (Phi) is 4.44. The van der Waals surface area contributed by atoms with Gasteiger partial charge in [-0.2, -0.15) is 10.2 Å². The molecule has 0 amide bonds. The molecule has 146 valence electrons. The molecule has 4 heterocycles. The summed E-state index contributed by atoms with van der Waals surface area (Å²) in [6.45, 7) is 14.7. The minimum Gasteiger partial charge on any atom is -0.231 e. The van der Waals surface area contributed by atoms with Crippen molar-refractivity contribution < 1.29 is 0 Å². The van der Waals surface area contributed by atoms with Crippen molar-refractivity contribution in [3.8, 4) is 11.4 Å². The summed E-state index contributed by atoms with van der Waals surface area (Å²) in [5, 5.41) is 9.60. The molecule has 0 radical (unpaired) electrons. The summed E-state index contributed by atoms with van der Waals surface area (Å²) in [5.74, 6) is 0.477. The Morgan fingerprint density at radius 2 is 1.25 bits per heavy atom. The van der Waals surface area contributed by atoms with Crippen LogP contribution < -0.4 is 0 Å². The molecular formula is C22H28N6. The molecule has 4 aromatic heterocycles. The average Bonchev–Trinajstić information content (AvgIpc) is 3.12. The molecule has 0 saturated carbocycles. The van der Waals surface area contributed by atoms with Gasteiger partial charge in [0.2, 0.25) is 0 Å². The van der Waals surface area contributed by atoms with Crippen LogP contribution in [-0.2, 0) is 0 Å². The van der Waals surface area contributed by atoms with Gasteiger partial charge in [-0.1, -0.05) is 13.8 Å². The minimum atomic E-state index is 0.477. The molecule has 0 spiro atoms. The lowest BCUT2D eigenvalue weighted by atomic mass is 9.95. The standard InChI is InChI=1S/C22H28N6/c1-8-17(9-2)18-11-14(5)26-28-20(16(7)24-22(18)28)19-15(6)23-21-12(3)10-13(4)25-27(19)21/h10-11,17H,8-9H2,1-7H3. The molecule has 0 saturated heterocycles. The second kappa shape index (κ2) is 6.69. The van der Waals surface area contributed by atoms with Crippen molar-refractivity contribution in [1.82, 2.24) is 29.2 Å². The van der Waals surface area contributed by atoms with Crippen LogP contribution in [-0.4, -0.2) is 29.2 Å². The number of imidazole rings is 2. The van der Waals surface area contributed by atoms with Crippen LogP contribution in [0.1, 0.15) is 66.5 Å². The fourth-order valence-corrected chi connectivity index (χ4v) is 4.29. The maximum absolute atomic E-state index is 4.95. The van der Waals surface area contributed by atoms with Gasteiger partial charge >= 0.3 is 0 Å². The molecule has 0 atom stereocenters. The highest BCUT2D eigenvalue weighted by molar-refractivity contribution is 5.71. The van der Waals surface area contributed by atoms with Crippen LogP contribution in [0.25, 0.3) is 22.7 Å². The van der Waals surface area contributed by atoms with E-state index in [4.69, 9.17) is 20.2 Å². The van der Waals surface area contributed by atoms with Gasteiger partial charge in [-0.25, -0.2) is 19.0 Å². The lowest BCUT2D eigenvalue weighted by Gasteiger charge is -2.14. The van der Waals surface area contributed by atoms with Gasteiger partial charge in [0.15, 0.2) is 11.3 Å². The molecule has 0 unspecified atom stereocenters. The molecule has 6 nitrogen and oxygen atoms in total. The zero-order chi connectivity index (χ0) is 20.2. The topological polar surface area (TPSA) is 60.4 Å². The third kappa shape index (κ3) is 2.70. The molecule has 4 rings (SSSR count). The third-order valence-corrected chi connectivity index (χ3v) is 5.62. The summed E-state index contributed by atoms with van der Waals surface area (Å²) >= 11 is 0. The van der Waals surface area contributed by atoms with E-state index in [0.29, 0.717) is 5.92 Å². The largest absolute Gasteiger partial charge is 0.231 e. The first-order chi connectivity index (χ1) is 13.3. The van der Waals surface area contributed by atoms with Crippen LogP contribution in [0.5, 0.6) is 0 Å². The molecule has 0 fully saturated rings. The van der Waals surface area contributed by atoms with E-state index >= 15 is 0 Å². The molecule has 0 aliphatic heterocycles. The Bertz CT molecular complexity index is 1190. The summed E-state index contributed by atoms with van der Waals surface area (Å²) in [7, 11) is 0. The highest BCUT2D eigenvalue weighted by Crippen LogP contribution is 2.33. The Morgan fingerprint density at radius 3 is 1.82 bits per heavy atom. The van der Waals surface area contributed by atoms with E-state index in [-0.39, 0.29) is 0 Å². The first-order valence-electron chi connectivity index (χ1n) is 10.1. The lowest BCUT2D eigenvalue weighted by molar-refractivity contribution is 0.638. The summed E-state index contributed by atoms with van der Waals surface area (Å²) < 4.78 is 3.96. The summed E-state index contributed by atoms with van der Waals surface area (Å²) in [6, 6.07) is 4.26. The Labute approximate surface area is 165 Å². The smallest absolute Gasteiger partial charge is 0.158 e. The highest BCUT2D eigenvalue weighted by atomic mass is 15.3.